The van der Waals surface area contributed by atoms with Crippen molar-refractivity contribution in [1.29, 1.82) is 0 Å². The predicted octanol–water partition coefficient (Wildman–Crippen LogP) is 18.0. The zero-order chi connectivity index (χ0) is 47.7. The second-order valence-corrected chi connectivity index (χ2v) is 20.1. The molecule has 16 rings (SSSR count). The summed E-state index contributed by atoms with van der Waals surface area (Å²) in [6.07, 6.45) is 0. The molecule has 4 heterocycles. The Balaban J connectivity index is 0.928. The molecule has 0 atom stereocenters. The lowest BCUT2D eigenvalue weighted by Gasteiger charge is -2.13. The second kappa shape index (κ2) is 15.5. The Morgan fingerprint density at radius 1 is 0.274 bits per heavy atom. The van der Waals surface area contributed by atoms with E-state index in [0.29, 0.717) is 17.5 Å². The quantitative estimate of drug-likeness (QED) is 0.162. The molecule has 0 bridgehead atoms. The van der Waals surface area contributed by atoms with Gasteiger partial charge < -0.3 is 9.13 Å². The van der Waals surface area contributed by atoms with E-state index in [1.807, 2.05) is 11.3 Å². The fourth-order valence-electron chi connectivity index (χ4n) is 11.9. The molecule has 0 unspecified atom stereocenters. The van der Waals surface area contributed by atoms with Crippen molar-refractivity contribution < 1.29 is 0 Å². The SMILES string of the molecule is c1ccc(-n2c3ccccc3c3cc(-c4nc(-c5ccc6c(c5)c5ccccc5c5c6ccc6c5sc5ccc7ccccc7c56)nc(-c5ccc6c(c5)c5ccccc5n6-c5ccccc5)n4)ccc32)cc1. The van der Waals surface area contributed by atoms with Crippen LogP contribution in [0.3, 0.4) is 0 Å². The molecule has 16 aromatic rings. The maximum atomic E-state index is 5.42. The number of hydrogen-bond donors (Lipinski definition) is 0. The van der Waals surface area contributed by atoms with E-state index in [0.717, 1.165) is 60.9 Å². The third-order valence-electron chi connectivity index (χ3n) is 15.1. The minimum Gasteiger partial charge on any atom is -0.309 e. The first-order valence-electron chi connectivity index (χ1n) is 24.8. The molecule has 0 radical (unpaired) electrons. The highest BCUT2D eigenvalue weighted by molar-refractivity contribution is 7.27. The monoisotopic (exact) mass is 945 g/mol. The number of para-hydroxylation sites is 4. The van der Waals surface area contributed by atoms with Gasteiger partial charge in [0.05, 0.1) is 22.1 Å². The Hall–Kier alpha value is -9.49. The molecular weight excluding hydrogens is 907 g/mol. The fraction of sp³-hybridized carbons (Fsp3) is 0. The van der Waals surface area contributed by atoms with Crippen LogP contribution >= 0.6 is 11.3 Å². The molecule has 0 aliphatic heterocycles. The number of benzene rings is 12. The Kier molecular flexibility index (Phi) is 8.55. The van der Waals surface area contributed by atoms with Gasteiger partial charge in [-0.1, -0.05) is 152 Å². The van der Waals surface area contributed by atoms with Gasteiger partial charge in [-0.15, -0.1) is 11.3 Å². The Morgan fingerprint density at radius 2 is 0.699 bits per heavy atom. The summed E-state index contributed by atoms with van der Waals surface area (Å²) in [4.78, 5) is 16.2. The van der Waals surface area contributed by atoms with Crippen molar-refractivity contribution in [1.82, 2.24) is 24.1 Å². The van der Waals surface area contributed by atoms with Crippen molar-refractivity contribution in [2.24, 2.45) is 0 Å². The van der Waals surface area contributed by atoms with Crippen LogP contribution in [0.4, 0.5) is 0 Å². The Labute approximate surface area is 422 Å². The largest absolute Gasteiger partial charge is 0.309 e. The number of thiophene rings is 1. The molecule has 0 saturated carbocycles. The summed E-state index contributed by atoms with van der Waals surface area (Å²) in [6.45, 7) is 0. The number of rotatable bonds is 5. The van der Waals surface area contributed by atoms with Crippen molar-refractivity contribution in [2.45, 2.75) is 0 Å². The summed E-state index contributed by atoms with van der Waals surface area (Å²) in [7, 11) is 0. The summed E-state index contributed by atoms with van der Waals surface area (Å²) in [5.41, 5.74) is 9.57. The molecule has 0 N–H and O–H groups in total. The first kappa shape index (κ1) is 40.3. The van der Waals surface area contributed by atoms with E-state index in [1.54, 1.807) is 0 Å². The van der Waals surface area contributed by atoms with E-state index in [2.05, 4.69) is 246 Å². The van der Waals surface area contributed by atoms with Crippen LogP contribution in [0.15, 0.2) is 237 Å². The van der Waals surface area contributed by atoms with Crippen LogP contribution in [0, 0.1) is 0 Å². The average molecular weight is 946 g/mol. The molecule has 0 aliphatic rings. The van der Waals surface area contributed by atoms with Crippen LogP contribution in [0.2, 0.25) is 0 Å². The van der Waals surface area contributed by atoms with Crippen molar-refractivity contribution >= 4 is 118 Å². The second-order valence-electron chi connectivity index (χ2n) is 19.1. The van der Waals surface area contributed by atoms with Crippen LogP contribution < -0.4 is 0 Å². The van der Waals surface area contributed by atoms with Gasteiger partial charge in [0.2, 0.25) is 0 Å². The zero-order valence-electron chi connectivity index (χ0n) is 39.2. The first-order chi connectivity index (χ1) is 36.2. The standard InChI is InChI=1S/C67H39N5S/c1-3-16-44(17-4-1)71-57-25-13-11-22-49(57)55-38-42(28-34-59(55)71)66-68-65(69-67(70-66)43-29-35-60-56(39-43)50-23-12-14-26-58(50)72(60)45-18-5-2-6-19-45)41-27-31-48-52-32-33-53-62-46-20-8-7-15-40(46)30-36-61(62)73-64(53)63(52)51-24-10-9-21-47(51)54(48)37-41/h1-39H. The van der Waals surface area contributed by atoms with Gasteiger partial charge in [0.1, 0.15) is 0 Å². The average Bonchev–Trinajstić information content (AvgIpc) is 4.14. The molecule has 0 spiro atoms. The van der Waals surface area contributed by atoms with Gasteiger partial charge in [-0.25, -0.2) is 15.0 Å². The van der Waals surface area contributed by atoms with Crippen LogP contribution in [0.1, 0.15) is 0 Å². The molecule has 5 nitrogen and oxygen atoms in total. The van der Waals surface area contributed by atoms with Crippen molar-refractivity contribution in [3.05, 3.63) is 237 Å². The molecule has 6 heteroatoms. The van der Waals surface area contributed by atoms with E-state index in [9.17, 15) is 0 Å². The molecule has 338 valence electrons. The van der Waals surface area contributed by atoms with E-state index >= 15 is 0 Å². The van der Waals surface area contributed by atoms with E-state index in [1.165, 1.54) is 74.0 Å². The van der Waals surface area contributed by atoms with Gasteiger partial charge in [0.25, 0.3) is 0 Å². The molecule has 0 saturated heterocycles. The Morgan fingerprint density at radius 3 is 1.30 bits per heavy atom. The summed E-state index contributed by atoms with van der Waals surface area (Å²) in [5.74, 6) is 1.86. The zero-order valence-corrected chi connectivity index (χ0v) is 40.0. The highest BCUT2D eigenvalue weighted by atomic mass is 32.1. The summed E-state index contributed by atoms with van der Waals surface area (Å²) in [6, 6.07) is 85.4. The van der Waals surface area contributed by atoms with E-state index in [-0.39, 0.29) is 0 Å². The van der Waals surface area contributed by atoms with E-state index < -0.39 is 0 Å². The van der Waals surface area contributed by atoms with Crippen LogP contribution in [-0.2, 0) is 0 Å². The smallest absolute Gasteiger partial charge is 0.164 e. The molecule has 0 aliphatic carbocycles. The fourth-order valence-corrected chi connectivity index (χ4v) is 13.2. The molecule has 0 fully saturated rings. The normalized spacial score (nSPS) is 12.1. The number of aromatic nitrogens is 5. The first-order valence-corrected chi connectivity index (χ1v) is 25.6. The van der Waals surface area contributed by atoms with Gasteiger partial charge in [0, 0.05) is 75.2 Å². The van der Waals surface area contributed by atoms with Gasteiger partial charge in [-0.05, 0) is 123 Å². The van der Waals surface area contributed by atoms with E-state index in [4.69, 9.17) is 15.0 Å². The van der Waals surface area contributed by atoms with Crippen LogP contribution in [-0.4, -0.2) is 24.1 Å². The maximum Gasteiger partial charge on any atom is 0.164 e. The summed E-state index contributed by atoms with van der Waals surface area (Å²) in [5, 5.41) is 17.2. The molecule has 12 aromatic carbocycles. The minimum atomic E-state index is 0.619. The number of hydrogen-bond acceptors (Lipinski definition) is 4. The highest BCUT2D eigenvalue weighted by Crippen LogP contribution is 2.47. The van der Waals surface area contributed by atoms with Gasteiger partial charge >= 0.3 is 0 Å². The number of nitrogens with zero attached hydrogens (tertiary/aromatic N) is 5. The minimum absolute atomic E-state index is 0.619. The molecule has 0 amide bonds. The third-order valence-corrected chi connectivity index (χ3v) is 16.3. The summed E-state index contributed by atoms with van der Waals surface area (Å²) >= 11 is 1.90. The van der Waals surface area contributed by atoms with Crippen molar-refractivity contribution in [3.63, 3.8) is 0 Å². The van der Waals surface area contributed by atoms with Gasteiger partial charge in [-0.2, -0.15) is 0 Å². The third kappa shape index (κ3) is 5.99. The lowest BCUT2D eigenvalue weighted by molar-refractivity contribution is 1.08. The van der Waals surface area contributed by atoms with Crippen molar-refractivity contribution in [3.8, 4) is 45.5 Å². The number of fused-ring (bicyclic) bond motifs is 18. The molecular formula is C67H39N5S. The molecule has 4 aromatic heterocycles. The predicted molar refractivity (Wildman–Crippen MR) is 308 cm³/mol. The van der Waals surface area contributed by atoms with Crippen LogP contribution in [0.5, 0.6) is 0 Å². The van der Waals surface area contributed by atoms with Crippen molar-refractivity contribution in [2.75, 3.05) is 0 Å². The topological polar surface area (TPSA) is 48.5 Å². The van der Waals surface area contributed by atoms with Gasteiger partial charge in [-0.3, -0.25) is 0 Å². The van der Waals surface area contributed by atoms with Gasteiger partial charge in [0.15, 0.2) is 17.5 Å². The lowest BCUT2D eigenvalue weighted by Crippen LogP contribution is -2.00. The summed E-state index contributed by atoms with van der Waals surface area (Å²) < 4.78 is 7.32. The maximum absolute atomic E-state index is 5.42. The molecule has 73 heavy (non-hydrogen) atoms. The highest BCUT2D eigenvalue weighted by Gasteiger charge is 2.21. The lowest BCUT2D eigenvalue weighted by atomic mass is 9.92. The van der Waals surface area contributed by atoms with Crippen LogP contribution in [0.25, 0.3) is 152 Å². The Bertz CT molecular complexity index is 4770.